The second kappa shape index (κ2) is 6.08. The summed E-state index contributed by atoms with van der Waals surface area (Å²) >= 11 is 5.22. The van der Waals surface area contributed by atoms with Crippen molar-refractivity contribution in [1.29, 1.82) is 0 Å². The zero-order valence-electron chi connectivity index (χ0n) is 10.4. The van der Waals surface area contributed by atoms with Crippen molar-refractivity contribution in [2.75, 3.05) is 11.9 Å². The van der Waals surface area contributed by atoms with Crippen LogP contribution in [0.1, 0.15) is 10.4 Å². The van der Waals surface area contributed by atoms with Gasteiger partial charge in [0, 0.05) is 27.6 Å². The van der Waals surface area contributed by atoms with Gasteiger partial charge in [-0.3, -0.25) is 0 Å². The van der Waals surface area contributed by atoms with Crippen molar-refractivity contribution in [3.8, 4) is 0 Å². The molecule has 0 spiro atoms. The summed E-state index contributed by atoms with van der Waals surface area (Å²) in [4.78, 5) is 3.31. The lowest BCUT2D eigenvalue weighted by atomic mass is 10.1. The Labute approximate surface area is 124 Å². The molecule has 1 aromatic carbocycles. The molecule has 0 radical (unpaired) electrons. The van der Waals surface area contributed by atoms with E-state index in [-0.39, 0.29) is 5.84 Å². The predicted molar refractivity (Wildman–Crippen MR) is 83.1 cm³/mol. The van der Waals surface area contributed by atoms with Gasteiger partial charge in [0.2, 0.25) is 0 Å². The van der Waals surface area contributed by atoms with Crippen molar-refractivity contribution in [2.24, 2.45) is 10.9 Å². The second-order valence-electron chi connectivity index (χ2n) is 4.05. The van der Waals surface area contributed by atoms with Gasteiger partial charge < -0.3 is 15.8 Å². The molecule has 0 saturated heterocycles. The van der Waals surface area contributed by atoms with E-state index in [0.29, 0.717) is 0 Å². The molecule has 0 bridgehead atoms. The van der Waals surface area contributed by atoms with Gasteiger partial charge in [-0.1, -0.05) is 17.3 Å². The molecule has 4 nitrogen and oxygen atoms in total. The van der Waals surface area contributed by atoms with Crippen molar-refractivity contribution in [3.63, 3.8) is 0 Å². The number of nitrogens with zero attached hydrogens (tertiary/aromatic N) is 2. The Morgan fingerprint density at radius 2 is 2.16 bits per heavy atom. The molecule has 0 aliphatic carbocycles. The van der Waals surface area contributed by atoms with Gasteiger partial charge in [0.25, 0.3) is 0 Å². The molecule has 0 atom stereocenters. The number of anilines is 1. The molecular weight excluding hydrogens is 326 g/mol. The fraction of sp³-hybridized carbons (Fsp3) is 0.154. The molecule has 0 fully saturated rings. The first-order valence-electron chi connectivity index (χ1n) is 5.63. The van der Waals surface area contributed by atoms with E-state index < -0.39 is 0 Å². The van der Waals surface area contributed by atoms with Crippen LogP contribution in [0.2, 0.25) is 0 Å². The average Bonchev–Trinajstić information content (AvgIpc) is 2.83. The molecule has 0 aliphatic rings. The van der Waals surface area contributed by atoms with E-state index in [1.165, 1.54) is 4.88 Å². The van der Waals surface area contributed by atoms with E-state index in [0.717, 1.165) is 22.3 Å². The number of halogens is 1. The van der Waals surface area contributed by atoms with Crippen LogP contribution in [-0.4, -0.2) is 18.1 Å². The third-order valence-electron chi connectivity index (χ3n) is 2.77. The number of benzene rings is 1. The van der Waals surface area contributed by atoms with E-state index in [9.17, 15) is 0 Å². The second-order valence-corrected chi connectivity index (χ2v) is 5.91. The summed E-state index contributed by atoms with van der Waals surface area (Å²) in [6, 6.07) is 9.62. The lowest BCUT2D eigenvalue weighted by Crippen LogP contribution is -2.22. The highest BCUT2D eigenvalue weighted by molar-refractivity contribution is 9.10. The normalized spacial score (nSPS) is 11.6. The maximum Gasteiger partial charge on any atom is 0.172 e. The number of thiophene rings is 1. The summed E-state index contributed by atoms with van der Waals surface area (Å²) in [5, 5.41) is 14.0. The number of amidine groups is 1. The van der Waals surface area contributed by atoms with E-state index in [2.05, 4.69) is 26.0 Å². The molecule has 1 heterocycles. The fourth-order valence-electron chi connectivity index (χ4n) is 1.82. The molecule has 0 unspecified atom stereocenters. The highest BCUT2D eigenvalue weighted by Crippen LogP contribution is 2.27. The van der Waals surface area contributed by atoms with Gasteiger partial charge >= 0.3 is 0 Å². The molecule has 19 heavy (non-hydrogen) atoms. The first kappa shape index (κ1) is 13.9. The smallest absolute Gasteiger partial charge is 0.172 e. The van der Waals surface area contributed by atoms with Gasteiger partial charge in [0.1, 0.15) is 0 Å². The maximum absolute atomic E-state index is 8.83. The Balaban J connectivity index is 2.29. The molecule has 0 amide bonds. The van der Waals surface area contributed by atoms with Gasteiger partial charge in [-0.2, -0.15) is 0 Å². The molecule has 1 aromatic heterocycles. The lowest BCUT2D eigenvalue weighted by Gasteiger charge is -2.21. The molecule has 2 aromatic rings. The van der Waals surface area contributed by atoms with E-state index in [4.69, 9.17) is 10.9 Å². The van der Waals surface area contributed by atoms with Crippen LogP contribution < -0.4 is 10.6 Å². The van der Waals surface area contributed by atoms with Crippen molar-refractivity contribution in [3.05, 3.63) is 50.6 Å². The minimum atomic E-state index is 0.118. The van der Waals surface area contributed by atoms with Crippen LogP contribution in [-0.2, 0) is 6.54 Å². The first-order chi connectivity index (χ1) is 9.13. The summed E-state index contributed by atoms with van der Waals surface area (Å²) in [5.74, 6) is 0.118. The summed E-state index contributed by atoms with van der Waals surface area (Å²) in [6.45, 7) is 0.758. The first-order valence-corrected chi connectivity index (χ1v) is 7.30. The van der Waals surface area contributed by atoms with Crippen molar-refractivity contribution < 1.29 is 5.21 Å². The Kier molecular flexibility index (Phi) is 4.44. The Morgan fingerprint density at radius 3 is 2.79 bits per heavy atom. The van der Waals surface area contributed by atoms with Crippen LogP contribution in [0, 0.1) is 0 Å². The van der Waals surface area contributed by atoms with Crippen LogP contribution in [0.5, 0.6) is 0 Å². The predicted octanol–water partition coefficient (Wildman–Crippen LogP) is 3.24. The van der Waals surface area contributed by atoms with Gasteiger partial charge in [-0.25, -0.2) is 0 Å². The topological polar surface area (TPSA) is 61.8 Å². The quantitative estimate of drug-likeness (QED) is 0.389. The molecule has 3 N–H and O–H groups in total. The van der Waals surface area contributed by atoms with Crippen LogP contribution in [0.3, 0.4) is 0 Å². The van der Waals surface area contributed by atoms with E-state index >= 15 is 0 Å². The zero-order valence-corrected chi connectivity index (χ0v) is 12.8. The Hall–Kier alpha value is -1.53. The minimum Gasteiger partial charge on any atom is -0.409 e. The van der Waals surface area contributed by atoms with Crippen LogP contribution >= 0.6 is 27.3 Å². The van der Waals surface area contributed by atoms with Crippen molar-refractivity contribution in [1.82, 2.24) is 0 Å². The summed E-state index contributed by atoms with van der Waals surface area (Å²) in [6.07, 6.45) is 0. The molecular formula is C13H14BrN3OS. The largest absolute Gasteiger partial charge is 0.409 e. The third kappa shape index (κ3) is 3.08. The van der Waals surface area contributed by atoms with Gasteiger partial charge in [-0.05, 0) is 39.5 Å². The van der Waals surface area contributed by atoms with Crippen LogP contribution in [0.25, 0.3) is 0 Å². The highest BCUT2D eigenvalue weighted by atomic mass is 79.9. The van der Waals surface area contributed by atoms with Crippen molar-refractivity contribution in [2.45, 2.75) is 6.54 Å². The summed E-state index contributed by atoms with van der Waals surface area (Å²) in [7, 11) is 1.98. The average molecular weight is 340 g/mol. The van der Waals surface area contributed by atoms with E-state index in [1.807, 2.05) is 42.8 Å². The number of nitrogens with two attached hydrogens (primary N) is 1. The SMILES string of the molecule is CN(Cc1sccc1Br)c1ccccc1C(N)=NO. The standard InChI is InChI=1S/C13H14BrN3OS/c1-17(8-12-10(14)6-7-19-12)11-5-3-2-4-9(11)13(15)16-18/h2-7,18H,8H2,1H3,(H2,15,16). The minimum absolute atomic E-state index is 0.118. The van der Waals surface area contributed by atoms with Crippen molar-refractivity contribution >= 4 is 38.8 Å². The fourth-order valence-corrected chi connectivity index (χ4v) is 3.35. The van der Waals surface area contributed by atoms with E-state index in [1.54, 1.807) is 11.3 Å². The highest BCUT2D eigenvalue weighted by Gasteiger charge is 2.12. The van der Waals surface area contributed by atoms with Crippen LogP contribution in [0.4, 0.5) is 5.69 Å². The van der Waals surface area contributed by atoms with Gasteiger partial charge in [0.05, 0.1) is 6.54 Å². The molecule has 6 heteroatoms. The molecule has 0 saturated carbocycles. The monoisotopic (exact) mass is 339 g/mol. The Morgan fingerprint density at radius 1 is 1.42 bits per heavy atom. The number of hydrogen-bond donors (Lipinski definition) is 2. The van der Waals surface area contributed by atoms with Crippen LogP contribution in [0.15, 0.2) is 45.3 Å². The summed E-state index contributed by atoms with van der Waals surface area (Å²) < 4.78 is 1.10. The molecule has 2 rings (SSSR count). The van der Waals surface area contributed by atoms with Gasteiger partial charge in [-0.15, -0.1) is 11.3 Å². The number of oxime groups is 1. The number of rotatable bonds is 4. The lowest BCUT2D eigenvalue weighted by molar-refractivity contribution is 0.318. The third-order valence-corrected chi connectivity index (χ3v) is 4.68. The zero-order chi connectivity index (χ0) is 13.8. The molecule has 0 aliphatic heterocycles. The number of hydrogen-bond acceptors (Lipinski definition) is 4. The maximum atomic E-state index is 8.83. The molecule has 100 valence electrons. The number of para-hydroxylation sites is 1. The Bertz CT molecular complexity index is 597. The van der Waals surface area contributed by atoms with Gasteiger partial charge in [0.15, 0.2) is 5.84 Å². The summed E-state index contributed by atoms with van der Waals surface area (Å²) in [5.41, 5.74) is 7.35.